The van der Waals surface area contributed by atoms with E-state index in [1.165, 1.54) is 4.90 Å². The molecule has 20 nitrogen and oxygen atoms in total. The lowest BCUT2D eigenvalue weighted by Gasteiger charge is -2.33. The van der Waals surface area contributed by atoms with Gasteiger partial charge in [0.15, 0.2) is 5.96 Å². The quantitative estimate of drug-likeness (QED) is 0.0454. The summed E-state index contributed by atoms with van der Waals surface area (Å²) in [5.41, 5.74) is 20.1. The van der Waals surface area contributed by atoms with Crippen LogP contribution in [0.1, 0.15) is 62.5 Å². The molecule has 3 heterocycles. The number of nitrogens with zero attached hydrogens (tertiary/aromatic N) is 1. The maximum Gasteiger partial charge on any atom is 0.243 e. The second kappa shape index (κ2) is 23.3. The van der Waals surface area contributed by atoms with E-state index in [-0.39, 0.29) is 69.9 Å². The molecule has 2 aromatic carbocycles. The summed E-state index contributed by atoms with van der Waals surface area (Å²) in [5, 5.41) is 69.8. The summed E-state index contributed by atoms with van der Waals surface area (Å²) in [4.78, 5) is 60.2. The molecule has 5 rings (SSSR count). The van der Waals surface area contributed by atoms with Gasteiger partial charge in [-0.05, 0) is 68.6 Å². The first-order valence-electron chi connectivity index (χ1n) is 21.3. The van der Waals surface area contributed by atoms with Gasteiger partial charge in [0.05, 0.1) is 18.2 Å². The first-order chi connectivity index (χ1) is 29.7. The van der Waals surface area contributed by atoms with Crippen LogP contribution < -0.4 is 49.1 Å². The summed E-state index contributed by atoms with van der Waals surface area (Å²) in [5.74, 6) is -2.60. The molecule has 10 atom stereocenters. The minimum Gasteiger partial charge on any atom is -0.392 e. The molecular weight excluding hydrogens is 801 g/mol. The highest BCUT2D eigenvalue weighted by Crippen LogP contribution is 2.24. The smallest absolute Gasteiger partial charge is 0.243 e. The molecule has 20 heteroatoms. The van der Waals surface area contributed by atoms with Gasteiger partial charge in [-0.2, -0.15) is 0 Å². The Morgan fingerprint density at radius 3 is 2.35 bits per heavy atom. The zero-order chi connectivity index (χ0) is 44.8. The van der Waals surface area contributed by atoms with Gasteiger partial charge in [-0.3, -0.25) is 34.8 Å². The van der Waals surface area contributed by atoms with E-state index in [4.69, 9.17) is 22.6 Å². The highest BCUT2D eigenvalue weighted by atomic mass is 16.3. The summed E-state index contributed by atoms with van der Waals surface area (Å²) >= 11 is 0. The lowest BCUT2D eigenvalue weighted by molar-refractivity contribution is -0.136. The third-order valence-corrected chi connectivity index (χ3v) is 11.5. The maximum atomic E-state index is 14.4. The number of rotatable bonds is 9. The first-order valence-corrected chi connectivity index (χ1v) is 21.3. The van der Waals surface area contributed by atoms with Gasteiger partial charge in [0.25, 0.3) is 0 Å². The molecule has 0 saturated carbocycles. The predicted octanol–water partition coefficient (Wildman–Crippen LogP) is -2.61. The van der Waals surface area contributed by atoms with Crippen molar-refractivity contribution in [3.63, 3.8) is 0 Å². The van der Waals surface area contributed by atoms with Crippen LogP contribution in [0.2, 0.25) is 0 Å². The molecule has 0 spiro atoms. The summed E-state index contributed by atoms with van der Waals surface area (Å²) < 4.78 is 0. The van der Waals surface area contributed by atoms with Gasteiger partial charge in [0.2, 0.25) is 23.6 Å². The van der Waals surface area contributed by atoms with E-state index in [1.807, 2.05) is 24.3 Å². The number of aromatic amines is 1. The molecule has 2 aliphatic heterocycles. The summed E-state index contributed by atoms with van der Waals surface area (Å²) in [6, 6.07) is 10.1. The molecule has 62 heavy (non-hydrogen) atoms. The van der Waals surface area contributed by atoms with E-state index in [2.05, 4.69) is 36.9 Å². The number of carbonyl (C=O) groups excluding carboxylic acids is 4. The molecule has 3 aromatic rings. The number of fused-ring (bicyclic) bond motifs is 2. The van der Waals surface area contributed by atoms with E-state index in [9.17, 15) is 39.6 Å². The first kappa shape index (κ1) is 47.9. The number of hydrogen-bond acceptors (Lipinski definition) is 13. The molecule has 0 aliphatic carbocycles. The van der Waals surface area contributed by atoms with Crippen molar-refractivity contribution in [3.8, 4) is 0 Å². The minimum absolute atomic E-state index is 0.0136. The van der Waals surface area contributed by atoms with Crippen LogP contribution in [0.25, 0.3) is 10.9 Å². The lowest BCUT2D eigenvalue weighted by atomic mass is 10.0. The van der Waals surface area contributed by atoms with Crippen LogP contribution in [-0.2, 0) is 32.0 Å². The Kier molecular flexibility index (Phi) is 18.0. The molecule has 18 N–H and O–H groups in total. The number of aliphatic hydroxyl groups is 4. The van der Waals surface area contributed by atoms with Gasteiger partial charge in [-0.15, -0.1) is 0 Å². The predicted molar refractivity (Wildman–Crippen MR) is 231 cm³/mol. The number of H-pyrrole nitrogens is 1. The maximum absolute atomic E-state index is 14.4. The van der Waals surface area contributed by atoms with Crippen molar-refractivity contribution < 1.29 is 39.6 Å². The van der Waals surface area contributed by atoms with Crippen molar-refractivity contribution in [2.24, 2.45) is 17.2 Å². The monoisotopic (exact) mass is 864 g/mol. The fraction of sp³-hybridized carbons (Fsp3) is 0.548. The highest BCUT2D eigenvalue weighted by molar-refractivity contribution is 5.93. The number of carbonyl (C=O) groups is 4. The molecule has 2 fully saturated rings. The largest absolute Gasteiger partial charge is 0.392 e. The van der Waals surface area contributed by atoms with E-state index in [0.717, 1.165) is 16.5 Å². The van der Waals surface area contributed by atoms with Gasteiger partial charge >= 0.3 is 0 Å². The Morgan fingerprint density at radius 2 is 1.61 bits per heavy atom. The lowest BCUT2D eigenvalue weighted by Crippen LogP contribution is -2.61. The number of nitrogens with two attached hydrogens (primary N) is 3. The average molecular weight is 865 g/mol. The zero-order valence-electron chi connectivity index (χ0n) is 34.8. The van der Waals surface area contributed by atoms with Crippen LogP contribution in [0.4, 0.5) is 0 Å². The Morgan fingerprint density at radius 1 is 0.903 bits per heavy atom. The van der Waals surface area contributed by atoms with Crippen molar-refractivity contribution in [3.05, 3.63) is 71.9 Å². The normalized spacial score (nSPS) is 28.7. The minimum atomic E-state index is -1.45. The number of nitrogens with one attached hydrogen (secondary N) is 8. The number of guanidine groups is 1. The van der Waals surface area contributed by atoms with E-state index in [1.54, 1.807) is 36.5 Å². The molecule has 0 unspecified atom stereocenters. The van der Waals surface area contributed by atoms with Crippen molar-refractivity contribution >= 4 is 40.5 Å². The second-order valence-electron chi connectivity index (χ2n) is 16.2. The number of aromatic nitrogens is 1. The number of para-hydroxylation sites is 1. The second-order valence-corrected chi connectivity index (χ2v) is 16.2. The highest BCUT2D eigenvalue weighted by Gasteiger charge is 2.42. The van der Waals surface area contributed by atoms with E-state index >= 15 is 0 Å². The van der Waals surface area contributed by atoms with Crippen molar-refractivity contribution in [1.29, 1.82) is 5.41 Å². The van der Waals surface area contributed by atoms with Crippen LogP contribution in [0.15, 0.2) is 60.8 Å². The van der Waals surface area contributed by atoms with E-state index < -0.39 is 78.8 Å². The van der Waals surface area contributed by atoms with Crippen molar-refractivity contribution in [2.45, 2.75) is 125 Å². The fourth-order valence-corrected chi connectivity index (χ4v) is 8.03. The van der Waals surface area contributed by atoms with Crippen LogP contribution in [-0.4, -0.2) is 141 Å². The summed E-state index contributed by atoms with van der Waals surface area (Å²) in [6.07, 6.45) is -1.71. The van der Waals surface area contributed by atoms with Crippen LogP contribution in [0, 0.1) is 5.41 Å². The number of aliphatic hydroxyl groups excluding tert-OH is 4. The molecule has 1 aromatic heterocycles. The van der Waals surface area contributed by atoms with Crippen LogP contribution in [0.3, 0.4) is 0 Å². The van der Waals surface area contributed by atoms with Crippen LogP contribution in [0.5, 0.6) is 0 Å². The molecule has 340 valence electrons. The fourth-order valence-electron chi connectivity index (χ4n) is 8.03. The van der Waals surface area contributed by atoms with Gasteiger partial charge in [0, 0.05) is 61.7 Å². The third kappa shape index (κ3) is 13.9. The molecule has 0 bridgehead atoms. The van der Waals surface area contributed by atoms with Crippen LogP contribution >= 0.6 is 0 Å². The zero-order valence-corrected chi connectivity index (χ0v) is 34.8. The number of amides is 4. The summed E-state index contributed by atoms with van der Waals surface area (Å²) in [6.45, 7) is 0.419. The van der Waals surface area contributed by atoms with Gasteiger partial charge in [-0.1, -0.05) is 48.5 Å². The molecule has 4 amide bonds. The number of hydrogen-bond donors (Lipinski definition) is 15. The molecule has 2 aliphatic rings. The standard InChI is InChI=1S/C42H64N12O8/c43-28-15-16-35(56)47-17-7-6-13-30(36(44)57)50-39(60)33(20-25-22-49-29-12-5-4-11-27(25)29)52-37(58)31(14-8-18-48-42(45)46)51-38(59)32(19-24-9-2-1-3-10-24)53-40(61)34-21-26(55)23-54(34)41(28)62/h1-5,9-12,22,26,28,30-34,36,39,41,49-50,55,57,60,62H,6-8,13-21,23,43-44H2,(H,47,56)(H,51,59)(H,52,58)(H,53,61)(H4,45,46,48)/t26-,28+,30+,31+,32-,33+,34+,36+,39+,41+/m1/s1. The van der Waals surface area contributed by atoms with Crippen molar-refractivity contribution in [2.75, 3.05) is 19.6 Å². The third-order valence-electron chi connectivity index (χ3n) is 11.5. The van der Waals surface area contributed by atoms with Gasteiger partial charge < -0.3 is 69.2 Å². The Labute approximate surface area is 360 Å². The Balaban J connectivity index is 1.48. The van der Waals surface area contributed by atoms with Gasteiger partial charge in [0.1, 0.15) is 30.8 Å². The number of benzene rings is 2. The Hall–Kier alpha value is -5.19. The van der Waals surface area contributed by atoms with Gasteiger partial charge in [-0.25, -0.2) is 0 Å². The van der Waals surface area contributed by atoms with Crippen molar-refractivity contribution in [1.82, 2.24) is 41.8 Å². The summed E-state index contributed by atoms with van der Waals surface area (Å²) in [7, 11) is 0. The molecular formula is C42H64N12O8. The topological polar surface area (TPSA) is 342 Å². The van der Waals surface area contributed by atoms with E-state index in [0.29, 0.717) is 31.4 Å². The molecule has 2 saturated heterocycles. The Bertz CT molecular complexity index is 1930. The average Bonchev–Trinajstić information content (AvgIpc) is 3.85. The molecule has 0 radical (unpaired) electrons. The SMILES string of the molecule is N=C(N)NCCC[C@@H]1NC(=O)[C@@H](Cc2ccccc2)NC(=O)[C@@H]2C[C@@H](O)CN2[C@@H](O)[C@@H](N)CCC(=O)NCCCC[C@@H]([C@@H](N)O)N[C@@H](O)[C@H](Cc2c[nH]c3ccccc23)NC1=O.